The largest absolute Gasteiger partial charge is 0.479 e. The Bertz CT molecular complexity index is 1720. The molecule has 0 saturated carbocycles. The molecule has 6 unspecified atom stereocenters. The zero-order valence-corrected chi connectivity index (χ0v) is 52.9. The lowest BCUT2D eigenvalue weighted by Gasteiger charge is -2.40. The fourth-order valence-corrected chi connectivity index (χ4v) is 10.1. The van der Waals surface area contributed by atoms with Crippen molar-refractivity contribution < 1.29 is 58.2 Å². The normalized spacial score (nSPS) is 18.0. The fraction of sp³-hybridized carbons (Fsp3) is 0.775. The molecule has 0 aromatic carbocycles. The Balaban J connectivity index is 2.65. The second-order valence-electron chi connectivity index (χ2n) is 23.1. The summed E-state index contributed by atoms with van der Waals surface area (Å²) < 4.78 is 28.6. The van der Waals surface area contributed by atoms with Crippen molar-refractivity contribution in [3.63, 3.8) is 0 Å². The van der Waals surface area contributed by atoms with Crippen LogP contribution in [0.15, 0.2) is 72.9 Å². The van der Waals surface area contributed by atoms with Crippen molar-refractivity contribution >= 4 is 23.9 Å². The Morgan fingerprint density at radius 1 is 0.410 bits per heavy atom. The average molecular weight is 1170 g/mol. The van der Waals surface area contributed by atoms with E-state index in [1.54, 1.807) is 0 Å². The minimum atomic E-state index is -1.91. The van der Waals surface area contributed by atoms with Gasteiger partial charge in [-0.15, -0.1) is 0 Å². The number of allylic oxidation sites excluding steroid dienone is 12. The molecule has 83 heavy (non-hydrogen) atoms. The lowest BCUT2D eigenvalue weighted by Crippen LogP contribution is -2.61. The highest BCUT2D eigenvalue weighted by molar-refractivity contribution is 5.74. The van der Waals surface area contributed by atoms with Crippen molar-refractivity contribution in [2.45, 2.75) is 340 Å². The van der Waals surface area contributed by atoms with Gasteiger partial charge in [-0.1, -0.05) is 267 Å². The van der Waals surface area contributed by atoms with E-state index in [4.69, 9.17) is 23.7 Å². The van der Waals surface area contributed by atoms with E-state index in [9.17, 15) is 34.5 Å². The van der Waals surface area contributed by atoms with Crippen LogP contribution in [0.2, 0.25) is 0 Å². The number of carbonyl (C=O) groups excluding carboxylic acids is 3. The maximum atomic E-state index is 13.2. The number of unbranched alkanes of at least 4 members (excludes halogenated alkanes) is 32. The molecule has 12 heteroatoms. The number of hydrogen-bond acceptors (Lipinski definition) is 11. The first-order valence-electron chi connectivity index (χ1n) is 33.9. The molecule has 0 aromatic heterocycles. The number of aliphatic hydroxyl groups excluding tert-OH is 2. The number of hydrogen-bond donors (Lipinski definition) is 3. The summed E-state index contributed by atoms with van der Waals surface area (Å²) in [6.07, 6.45) is 62.8. The smallest absolute Gasteiger partial charge is 0.335 e. The van der Waals surface area contributed by atoms with Crippen molar-refractivity contribution in [2.75, 3.05) is 13.2 Å². The number of carbonyl (C=O) groups is 4. The van der Waals surface area contributed by atoms with Gasteiger partial charge in [-0.25, -0.2) is 4.79 Å². The van der Waals surface area contributed by atoms with Gasteiger partial charge in [-0.3, -0.25) is 14.4 Å². The van der Waals surface area contributed by atoms with Gasteiger partial charge in [-0.05, 0) is 89.9 Å². The molecule has 3 N–H and O–H groups in total. The fourth-order valence-electron chi connectivity index (χ4n) is 10.1. The van der Waals surface area contributed by atoms with Crippen LogP contribution in [0.3, 0.4) is 0 Å². The van der Waals surface area contributed by atoms with Crippen LogP contribution in [0.4, 0.5) is 0 Å². The number of rotatable bonds is 58. The van der Waals surface area contributed by atoms with Crippen molar-refractivity contribution in [2.24, 2.45) is 0 Å². The highest BCUT2D eigenvalue weighted by Gasteiger charge is 2.50. The van der Waals surface area contributed by atoms with Crippen LogP contribution in [-0.2, 0) is 42.9 Å². The lowest BCUT2D eigenvalue weighted by molar-refractivity contribution is -0.301. The Hall–Kier alpha value is -3.84. The van der Waals surface area contributed by atoms with Crippen molar-refractivity contribution in [1.29, 1.82) is 0 Å². The van der Waals surface area contributed by atoms with Crippen LogP contribution in [-0.4, -0.2) is 89.2 Å². The molecule has 1 aliphatic rings. The molecule has 478 valence electrons. The van der Waals surface area contributed by atoms with Gasteiger partial charge in [0.05, 0.1) is 6.61 Å². The van der Waals surface area contributed by atoms with Gasteiger partial charge < -0.3 is 39.0 Å². The van der Waals surface area contributed by atoms with Crippen LogP contribution in [0.1, 0.15) is 303 Å². The number of carboxylic acid groups (broad SMARTS) is 1. The molecule has 0 amide bonds. The van der Waals surface area contributed by atoms with E-state index in [1.807, 2.05) is 0 Å². The highest BCUT2D eigenvalue weighted by atomic mass is 16.7. The quantitative estimate of drug-likeness (QED) is 0.0228. The molecule has 0 aromatic rings. The van der Waals surface area contributed by atoms with Crippen molar-refractivity contribution in [3.8, 4) is 0 Å². The predicted molar refractivity (Wildman–Crippen MR) is 340 cm³/mol. The van der Waals surface area contributed by atoms with Gasteiger partial charge in [0.1, 0.15) is 18.8 Å². The van der Waals surface area contributed by atoms with Crippen LogP contribution in [0.5, 0.6) is 0 Å². The number of ether oxygens (including phenoxy) is 5. The molecular formula is C71H122O12. The van der Waals surface area contributed by atoms with Crippen molar-refractivity contribution in [3.05, 3.63) is 72.9 Å². The summed E-state index contributed by atoms with van der Waals surface area (Å²) in [6.45, 7) is 5.89. The molecule has 1 aliphatic heterocycles. The topological polar surface area (TPSA) is 175 Å². The summed E-state index contributed by atoms with van der Waals surface area (Å²) >= 11 is 0. The van der Waals surface area contributed by atoms with Crippen LogP contribution in [0, 0.1) is 0 Å². The summed E-state index contributed by atoms with van der Waals surface area (Å²) in [5, 5.41) is 31.6. The third-order valence-corrected chi connectivity index (χ3v) is 15.3. The molecule has 0 radical (unpaired) electrons. The molecule has 0 bridgehead atoms. The van der Waals surface area contributed by atoms with E-state index < -0.39 is 67.3 Å². The SMILES string of the molecule is CC/C=C\C/C=C\C/C=C\CCCCCCCCCC(=O)OC1C(OCC(COC(=O)CCCCCCCC/C=C\C/C=C\C/C=C\CCCCC)OC(=O)CCCCCCCCCCCCCCCCCCC)OC(C(=O)O)C(O)C1O. The summed E-state index contributed by atoms with van der Waals surface area (Å²) in [4.78, 5) is 51.4. The van der Waals surface area contributed by atoms with E-state index in [0.29, 0.717) is 19.3 Å². The summed E-state index contributed by atoms with van der Waals surface area (Å²) in [7, 11) is 0. The first-order chi connectivity index (χ1) is 40.6. The Labute approximate surface area is 506 Å². The zero-order valence-electron chi connectivity index (χ0n) is 52.9. The van der Waals surface area contributed by atoms with Gasteiger partial charge in [-0.2, -0.15) is 0 Å². The second kappa shape index (κ2) is 58.5. The number of esters is 3. The van der Waals surface area contributed by atoms with E-state index >= 15 is 0 Å². The van der Waals surface area contributed by atoms with Crippen LogP contribution in [0.25, 0.3) is 0 Å². The minimum absolute atomic E-state index is 0.0476. The summed E-state index contributed by atoms with van der Waals surface area (Å²) in [6, 6.07) is 0. The second-order valence-corrected chi connectivity index (χ2v) is 23.1. The molecule has 6 atom stereocenters. The van der Waals surface area contributed by atoms with E-state index in [0.717, 1.165) is 135 Å². The monoisotopic (exact) mass is 1170 g/mol. The Kier molecular flexibility index (Phi) is 54.4. The molecular weight excluding hydrogens is 1040 g/mol. The third-order valence-electron chi connectivity index (χ3n) is 15.3. The molecule has 0 aliphatic carbocycles. The van der Waals surface area contributed by atoms with Gasteiger partial charge in [0.25, 0.3) is 0 Å². The van der Waals surface area contributed by atoms with Crippen molar-refractivity contribution in [1.82, 2.24) is 0 Å². The van der Waals surface area contributed by atoms with Gasteiger partial charge in [0, 0.05) is 19.3 Å². The molecule has 1 fully saturated rings. The van der Waals surface area contributed by atoms with E-state index in [-0.39, 0.29) is 25.9 Å². The lowest BCUT2D eigenvalue weighted by atomic mass is 9.98. The third kappa shape index (κ3) is 48.0. The first kappa shape index (κ1) is 77.2. The molecule has 0 spiro atoms. The van der Waals surface area contributed by atoms with E-state index in [2.05, 4.69) is 93.7 Å². The van der Waals surface area contributed by atoms with Gasteiger partial charge >= 0.3 is 23.9 Å². The van der Waals surface area contributed by atoms with Crippen LogP contribution < -0.4 is 0 Å². The first-order valence-corrected chi connectivity index (χ1v) is 33.9. The van der Waals surface area contributed by atoms with Gasteiger partial charge in [0.15, 0.2) is 24.6 Å². The standard InChI is InChI=1S/C71H122O12/c1-4-7-10-13-16-19-22-25-28-31-32-35-36-39-42-45-48-51-54-57-63(72)79-60-62(81-64(73)58-55-52-49-46-43-40-37-33-29-26-23-20-17-14-11-8-5-2)61-80-71-69(67(76)66(75)68(83-71)70(77)78)82-65(74)59-56-53-50-47-44-41-38-34-30-27-24-21-18-15-12-9-6-3/h9,12,16,18-19,21,25,27-28,30,32,35,62,66-69,71,75-76H,4-8,10-11,13-15,17,20,22-24,26,29,31,33-34,36-61H2,1-3H3,(H,77,78)/b12-9-,19-16-,21-18-,28-25-,30-27-,35-32-. The maximum Gasteiger partial charge on any atom is 0.335 e. The maximum absolute atomic E-state index is 13.2. The predicted octanol–water partition coefficient (Wildman–Crippen LogP) is 18.5. The Morgan fingerprint density at radius 2 is 0.759 bits per heavy atom. The minimum Gasteiger partial charge on any atom is -0.479 e. The highest BCUT2D eigenvalue weighted by Crippen LogP contribution is 2.27. The van der Waals surface area contributed by atoms with Gasteiger partial charge in [0.2, 0.25) is 0 Å². The van der Waals surface area contributed by atoms with E-state index in [1.165, 1.54) is 109 Å². The zero-order chi connectivity index (χ0) is 60.3. The molecule has 1 rings (SSSR count). The number of aliphatic hydroxyl groups is 2. The molecule has 1 heterocycles. The number of aliphatic carboxylic acids is 1. The summed E-state index contributed by atoms with van der Waals surface area (Å²) in [5.74, 6) is -3.13. The average Bonchev–Trinajstić information content (AvgIpc) is 3.55. The molecule has 1 saturated heterocycles. The Morgan fingerprint density at radius 3 is 1.18 bits per heavy atom. The number of carboxylic acids is 1. The van der Waals surface area contributed by atoms with Crippen LogP contribution >= 0.6 is 0 Å². The molecule has 12 nitrogen and oxygen atoms in total. The summed E-state index contributed by atoms with van der Waals surface area (Å²) in [5.41, 5.74) is 0.